The second-order valence-electron chi connectivity index (χ2n) is 4.63. The predicted molar refractivity (Wildman–Crippen MR) is 75.5 cm³/mol. The summed E-state index contributed by atoms with van der Waals surface area (Å²) in [6, 6.07) is -0.0620. The molecule has 0 spiro atoms. The van der Waals surface area contributed by atoms with E-state index in [-0.39, 0.29) is 17.5 Å². The highest BCUT2D eigenvalue weighted by atomic mass is 32.2. The maximum absolute atomic E-state index is 12.1. The molecule has 2 heterocycles. The summed E-state index contributed by atoms with van der Waals surface area (Å²) in [6.07, 6.45) is 1.99. The maximum atomic E-state index is 12.1. The van der Waals surface area contributed by atoms with Gasteiger partial charge in [0.15, 0.2) is 5.16 Å². The predicted octanol–water partition coefficient (Wildman–Crippen LogP) is 1.46. The molecule has 1 amide bonds. The third kappa shape index (κ3) is 2.68. The van der Waals surface area contributed by atoms with E-state index in [2.05, 4.69) is 4.98 Å². The Balaban J connectivity index is 2.21. The number of amides is 1. The number of aromatic nitrogens is 2. The fraction of sp³-hybridized carbons (Fsp3) is 0.615. The molecule has 1 aliphatic rings. The van der Waals surface area contributed by atoms with Crippen molar-refractivity contribution in [2.75, 3.05) is 18.8 Å². The van der Waals surface area contributed by atoms with Crippen LogP contribution in [0, 0.1) is 6.92 Å². The Kier molecular flexibility index (Phi) is 4.29. The molecule has 0 saturated carbocycles. The lowest BCUT2D eigenvalue weighted by molar-refractivity contribution is -0.131. The van der Waals surface area contributed by atoms with E-state index in [9.17, 15) is 9.59 Å². The average Bonchev–Trinajstić information content (AvgIpc) is 2.79. The Bertz CT molecular complexity index is 537. The normalized spacial score (nSPS) is 17.3. The molecule has 0 bridgehead atoms. The Morgan fingerprint density at radius 1 is 1.53 bits per heavy atom. The maximum Gasteiger partial charge on any atom is 0.257 e. The lowest BCUT2D eigenvalue weighted by Gasteiger charge is -2.21. The highest BCUT2D eigenvalue weighted by Crippen LogP contribution is 2.32. The van der Waals surface area contributed by atoms with Gasteiger partial charge in [-0.25, -0.2) is 4.98 Å². The summed E-state index contributed by atoms with van der Waals surface area (Å²) in [7, 11) is 0. The quantitative estimate of drug-likeness (QED) is 0.784. The van der Waals surface area contributed by atoms with Gasteiger partial charge >= 0.3 is 0 Å². The van der Waals surface area contributed by atoms with E-state index in [1.54, 1.807) is 34.3 Å². The number of nitrogens with zero attached hydrogens (tertiary/aromatic N) is 3. The van der Waals surface area contributed by atoms with Crippen LogP contribution in [-0.2, 0) is 4.79 Å². The number of hydrogen-bond acceptors (Lipinski definition) is 4. The van der Waals surface area contributed by atoms with Gasteiger partial charge in [-0.3, -0.25) is 14.2 Å². The minimum atomic E-state index is -0.0620. The van der Waals surface area contributed by atoms with Crippen molar-refractivity contribution < 1.29 is 4.79 Å². The fourth-order valence-corrected chi connectivity index (χ4v) is 3.38. The van der Waals surface area contributed by atoms with Crippen molar-refractivity contribution in [3.63, 3.8) is 0 Å². The number of fused-ring (bicyclic) bond motifs is 1. The SMILES string of the molecule is CCN(CC)C(=O)CC1CSc2ncc(C)c(=O)n21. The van der Waals surface area contributed by atoms with Crippen LogP contribution in [-0.4, -0.2) is 39.2 Å². The summed E-state index contributed by atoms with van der Waals surface area (Å²) in [6.45, 7) is 7.12. The van der Waals surface area contributed by atoms with Crippen LogP contribution < -0.4 is 5.56 Å². The molecule has 0 N–H and O–H groups in total. The molecule has 6 heteroatoms. The van der Waals surface area contributed by atoms with Crippen LogP contribution in [0.15, 0.2) is 16.1 Å². The standard InChI is InChI=1S/C13H19N3O2S/c1-4-15(5-2)11(17)6-10-8-19-13-14-7-9(3)12(18)16(10)13/h7,10H,4-6,8H2,1-3H3. The summed E-state index contributed by atoms with van der Waals surface area (Å²) in [4.78, 5) is 30.4. The van der Waals surface area contributed by atoms with Crippen molar-refractivity contribution in [1.29, 1.82) is 0 Å². The first kappa shape index (κ1) is 14.1. The van der Waals surface area contributed by atoms with Crippen LogP contribution in [0.25, 0.3) is 0 Å². The van der Waals surface area contributed by atoms with Gasteiger partial charge in [-0.05, 0) is 20.8 Å². The second kappa shape index (κ2) is 5.77. The lowest BCUT2D eigenvalue weighted by Crippen LogP contribution is -2.34. The van der Waals surface area contributed by atoms with Crippen molar-refractivity contribution in [2.24, 2.45) is 0 Å². The van der Waals surface area contributed by atoms with Gasteiger partial charge in [-0.2, -0.15) is 0 Å². The smallest absolute Gasteiger partial charge is 0.257 e. The fourth-order valence-electron chi connectivity index (χ4n) is 2.28. The van der Waals surface area contributed by atoms with Crippen LogP contribution in [0.2, 0.25) is 0 Å². The molecule has 0 radical (unpaired) electrons. The Morgan fingerprint density at radius 3 is 2.84 bits per heavy atom. The largest absolute Gasteiger partial charge is 0.343 e. The average molecular weight is 281 g/mol. The number of thioether (sulfide) groups is 1. The zero-order valence-electron chi connectivity index (χ0n) is 11.5. The van der Waals surface area contributed by atoms with Gasteiger partial charge in [0, 0.05) is 37.0 Å². The number of carbonyl (C=O) groups is 1. The summed E-state index contributed by atoms with van der Waals surface area (Å²) >= 11 is 1.55. The first-order chi connectivity index (χ1) is 9.08. The highest BCUT2D eigenvalue weighted by Gasteiger charge is 2.28. The molecule has 0 fully saturated rings. The highest BCUT2D eigenvalue weighted by molar-refractivity contribution is 7.99. The molecule has 1 atom stereocenters. The van der Waals surface area contributed by atoms with E-state index in [0.717, 1.165) is 10.9 Å². The van der Waals surface area contributed by atoms with Crippen molar-refractivity contribution in [2.45, 2.75) is 38.4 Å². The molecule has 1 aromatic rings. The first-order valence-corrected chi connectivity index (χ1v) is 7.55. The van der Waals surface area contributed by atoms with E-state index in [1.807, 2.05) is 13.8 Å². The Labute approximate surface area is 117 Å². The summed E-state index contributed by atoms with van der Waals surface area (Å²) < 4.78 is 1.68. The van der Waals surface area contributed by atoms with Crippen LogP contribution in [0.5, 0.6) is 0 Å². The third-order valence-corrected chi connectivity index (χ3v) is 4.54. The molecule has 19 heavy (non-hydrogen) atoms. The third-order valence-electron chi connectivity index (χ3n) is 3.43. The number of rotatable bonds is 4. The zero-order valence-corrected chi connectivity index (χ0v) is 12.4. The molecular formula is C13H19N3O2S. The topological polar surface area (TPSA) is 55.2 Å². The Hall–Kier alpha value is -1.30. The monoisotopic (exact) mass is 281 g/mol. The minimum Gasteiger partial charge on any atom is -0.343 e. The van der Waals surface area contributed by atoms with E-state index in [0.29, 0.717) is 25.1 Å². The molecule has 1 aliphatic heterocycles. The molecule has 0 aromatic carbocycles. The van der Waals surface area contributed by atoms with E-state index in [1.165, 1.54) is 0 Å². The van der Waals surface area contributed by atoms with Gasteiger partial charge in [0.05, 0.1) is 6.04 Å². The van der Waals surface area contributed by atoms with E-state index < -0.39 is 0 Å². The summed E-state index contributed by atoms with van der Waals surface area (Å²) in [5.74, 6) is 0.857. The minimum absolute atomic E-state index is 0.0210. The summed E-state index contributed by atoms with van der Waals surface area (Å²) in [5, 5.41) is 0.730. The number of hydrogen-bond donors (Lipinski definition) is 0. The van der Waals surface area contributed by atoms with Gasteiger partial charge in [0.2, 0.25) is 5.91 Å². The van der Waals surface area contributed by atoms with Crippen LogP contribution >= 0.6 is 11.8 Å². The van der Waals surface area contributed by atoms with Gasteiger partial charge in [-0.1, -0.05) is 11.8 Å². The van der Waals surface area contributed by atoms with Gasteiger partial charge in [-0.15, -0.1) is 0 Å². The first-order valence-electron chi connectivity index (χ1n) is 6.57. The van der Waals surface area contributed by atoms with Crippen molar-refractivity contribution in [3.05, 3.63) is 22.1 Å². The second-order valence-corrected chi connectivity index (χ2v) is 5.62. The van der Waals surface area contributed by atoms with Crippen LogP contribution in [0.3, 0.4) is 0 Å². The molecule has 2 rings (SSSR count). The number of aryl methyl sites for hydroxylation is 1. The van der Waals surface area contributed by atoms with Gasteiger partial charge in [0.1, 0.15) is 0 Å². The van der Waals surface area contributed by atoms with Crippen LogP contribution in [0.4, 0.5) is 0 Å². The number of carbonyl (C=O) groups excluding carboxylic acids is 1. The summed E-state index contributed by atoms with van der Waals surface area (Å²) in [5.41, 5.74) is 0.610. The van der Waals surface area contributed by atoms with Crippen molar-refractivity contribution in [3.8, 4) is 0 Å². The molecule has 0 saturated heterocycles. The molecule has 0 aliphatic carbocycles. The molecule has 1 unspecified atom stereocenters. The van der Waals surface area contributed by atoms with Crippen molar-refractivity contribution >= 4 is 17.7 Å². The van der Waals surface area contributed by atoms with Crippen molar-refractivity contribution in [1.82, 2.24) is 14.5 Å². The van der Waals surface area contributed by atoms with E-state index in [4.69, 9.17) is 0 Å². The zero-order chi connectivity index (χ0) is 14.0. The Morgan fingerprint density at radius 2 is 2.21 bits per heavy atom. The molecule has 5 nitrogen and oxygen atoms in total. The molecule has 104 valence electrons. The molecule has 1 aromatic heterocycles. The van der Waals surface area contributed by atoms with E-state index >= 15 is 0 Å². The van der Waals surface area contributed by atoms with Gasteiger partial charge < -0.3 is 4.90 Å². The molecular weight excluding hydrogens is 262 g/mol. The lowest BCUT2D eigenvalue weighted by atomic mass is 10.2. The van der Waals surface area contributed by atoms with Crippen LogP contribution in [0.1, 0.15) is 31.9 Å². The van der Waals surface area contributed by atoms with Gasteiger partial charge in [0.25, 0.3) is 5.56 Å².